The number of hydrogen-bond acceptors (Lipinski definition) is 6. The number of allylic oxidation sites excluding steroid dienone is 2. The number of rotatable bonds is 5. The normalized spacial score (nSPS) is 17.0. The van der Waals surface area contributed by atoms with Crippen LogP contribution in [0.5, 0.6) is 5.75 Å². The summed E-state index contributed by atoms with van der Waals surface area (Å²) in [5.74, 6) is 0.0402. The van der Waals surface area contributed by atoms with Crippen molar-refractivity contribution in [3.05, 3.63) is 52.1 Å². The van der Waals surface area contributed by atoms with Crippen LogP contribution in [0.4, 0.5) is 0 Å². The number of ether oxygens (including phenoxy) is 3. The first kappa shape index (κ1) is 18.4. The van der Waals surface area contributed by atoms with Gasteiger partial charge in [-0.3, -0.25) is 0 Å². The molecule has 0 radical (unpaired) electrons. The van der Waals surface area contributed by atoms with Gasteiger partial charge in [0.1, 0.15) is 23.2 Å². The standard InChI is InChI=1S/C19H22N2O4/c1-5-14-17(19(22)24-6-2)16(13(10-20)18(21)25-14)12-7-8-15(23-4)11(3)9-12/h7-9,16H,5-6,21H2,1-4H3/t16-/m1/s1. The van der Waals surface area contributed by atoms with E-state index in [1.54, 1.807) is 20.1 Å². The third-order valence-corrected chi connectivity index (χ3v) is 4.07. The van der Waals surface area contributed by atoms with Gasteiger partial charge < -0.3 is 19.9 Å². The van der Waals surface area contributed by atoms with Gasteiger partial charge in [-0.25, -0.2) is 4.79 Å². The lowest BCUT2D eigenvalue weighted by molar-refractivity contribution is -0.139. The van der Waals surface area contributed by atoms with Crippen molar-refractivity contribution in [2.45, 2.75) is 33.1 Å². The van der Waals surface area contributed by atoms with Crippen LogP contribution in [-0.4, -0.2) is 19.7 Å². The monoisotopic (exact) mass is 342 g/mol. The molecule has 0 aliphatic carbocycles. The van der Waals surface area contributed by atoms with Gasteiger partial charge in [0.2, 0.25) is 5.88 Å². The smallest absolute Gasteiger partial charge is 0.338 e. The zero-order valence-corrected chi connectivity index (χ0v) is 14.9. The van der Waals surface area contributed by atoms with Crippen molar-refractivity contribution in [3.8, 4) is 11.8 Å². The zero-order chi connectivity index (χ0) is 18.6. The minimum absolute atomic E-state index is 0.0193. The van der Waals surface area contributed by atoms with Gasteiger partial charge in [0.15, 0.2) is 0 Å². The fourth-order valence-electron chi connectivity index (χ4n) is 2.93. The van der Waals surface area contributed by atoms with Crippen molar-refractivity contribution in [1.29, 1.82) is 5.26 Å². The van der Waals surface area contributed by atoms with Crippen LogP contribution >= 0.6 is 0 Å². The Hall–Kier alpha value is -2.94. The number of carbonyl (C=O) groups excluding carboxylic acids is 1. The van der Waals surface area contributed by atoms with Gasteiger partial charge >= 0.3 is 5.97 Å². The van der Waals surface area contributed by atoms with E-state index in [1.165, 1.54) is 0 Å². The highest BCUT2D eigenvalue weighted by molar-refractivity contribution is 5.92. The molecule has 0 bridgehead atoms. The Bertz CT molecular complexity index is 787. The van der Waals surface area contributed by atoms with Crippen LogP contribution in [0.15, 0.2) is 41.0 Å². The maximum Gasteiger partial charge on any atom is 0.338 e. The average Bonchev–Trinajstić information content (AvgIpc) is 2.60. The molecule has 0 aromatic heterocycles. The van der Waals surface area contributed by atoms with E-state index in [2.05, 4.69) is 6.07 Å². The number of nitrogens with zero attached hydrogens (tertiary/aromatic N) is 1. The van der Waals surface area contributed by atoms with Crippen LogP contribution in [0, 0.1) is 18.3 Å². The summed E-state index contributed by atoms with van der Waals surface area (Å²) < 4.78 is 16.0. The lowest BCUT2D eigenvalue weighted by Gasteiger charge is -2.28. The molecule has 1 heterocycles. The molecule has 0 unspecified atom stereocenters. The quantitative estimate of drug-likeness (QED) is 0.827. The summed E-state index contributed by atoms with van der Waals surface area (Å²) in [6.07, 6.45) is 0.458. The number of hydrogen-bond donors (Lipinski definition) is 1. The van der Waals surface area contributed by atoms with Crippen molar-refractivity contribution >= 4 is 5.97 Å². The second-order valence-electron chi connectivity index (χ2n) is 5.56. The number of carbonyl (C=O) groups is 1. The Balaban J connectivity index is 2.66. The predicted octanol–water partition coefficient (Wildman–Crippen LogP) is 3.04. The maximum atomic E-state index is 12.6. The number of esters is 1. The third-order valence-electron chi connectivity index (χ3n) is 4.07. The van der Waals surface area contributed by atoms with Gasteiger partial charge in [-0.15, -0.1) is 0 Å². The van der Waals surface area contributed by atoms with Crippen LogP contribution < -0.4 is 10.5 Å². The van der Waals surface area contributed by atoms with Crippen molar-refractivity contribution in [2.24, 2.45) is 5.73 Å². The molecule has 2 N–H and O–H groups in total. The molecule has 132 valence electrons. The van der Waals surface area contributed by atoms with Gasteiger partial charge in [0, 0.05) is 6.42 Å². The SMILES string of the molecule is CCOC(=O)C1=C(CC)OC(N)=C(C#N)[C@H]1c1ccc(OC)c(C)c1. The summed E-state index contributed by atoms with van der Waals surface area (Å²) in [5, 5.41) is 9.58. The Morgan fingerprint density at radius 3 is 2.64 bits per heavy atom. The second-order valence-corrected chi connectivity index (χ2v) is 5.56. The van der Waals surface area contributed by atoms with E-state index < -0.39 is 11.9 Å². The molecule has 0 spiro atoms. The van der Waals surface area contributed by atoms with E-state index in [0.717, 1.165) is 16.9 Å². The average molecular weight is 342 g/mol. The fourth-order valence-corrected chi connectivity index (χ4v) is 2.93. The molecule has 6 nitrogen and oxygen atoms in total. The molecule has 1 atom stereocenters. The van der Waals surface area contributed by atoms with Crippen LogP contribution in [0.3, 0.4) is 0 Å². The first-order valence-corrected chi connectivity index (χ1v) is 8.10. The van der Waals surface area contributed by atoms with Crippen LogP contribution in [-0.2, 0) is 14.3 Å². The summed E-state index contributed by atoms with van der Waals surface area (Å²) in [5.41, 5.74) is 8.11. The molecule has 1 aliphatic heterocycles. The first-order valence-electron chi connectivity index (χ1n) is 8.10. The van der Waals surface area contributed by atoms with Crippen molar-refractivity contribution in [2.75, 3.05) is 13.7 Å². The number of nitriles is 1. The molecule has 2 rings (SSSR count). The number of nitrogens with two attached hydrogens (primary N) is 1. The van der Waals surface area contributed by atoms with E-state index in [4.69, 9.17) is 19.9 Å². The number of aryl methyl sites for hydroxylation is 1. The van der Waals surface area contributed by atoms with E-state index in [-0.39, 0.29) is 18.1 Å². The van der Waals surface area contributed by atoms with Crippen LogP contribution in [0.2, 0.25) is 0 Å². The Morgan fingerprint density at radius 1 is 1.40 bits per heavy atom. The molecule has 0 saturated heterocycles. The van der Waals surface area contributed by atoms with Crippen molar-refractivity contribution in [1.82, 2.24) is 0 Å². The largest absolute Gasteiger partial charge is 0.496 e. The molecule has 25 heavy (non-hydrogen) atoms. The van der Waals surface area contributed by atoms with Crippen LogP contribution in [0.25, 0.3) is 0 Å². The van der Waals surface area contributed by atoms with Crippen LogP contribution in [0.1, 0.15) is 37.3 Å². The molecule has 0 saturated carbocycles. The Labute approximate surface area is 147 Å². The Kier molecular flexibility index (Phi) is 5.71. The van der Waals surface area contributed by atoms with Gasteiger partial charge in [0.05, 0.1) is 25.2 Å². The van der Waals surface area contributed by atoms with Gasteiger partial charge in [-0.2, -0.15) is 5.26 Å². The summed E-state index contributed by atoms with van der Waals surface area (Å²) in [4.78, 5) is 12.6. The van der Waals surface area contributed by atoms with Gasteiger partial charge in [-0.1, -0.05) is 19.1 Å². The fraction of sp³-hybridized carbons (Fsp3) is 0.368. The van der Waals surface area contributed by atoms with Crippen molar-refractivity contribution in [3.63, 3.8) is 0 Å². The molecule has 6 heteroatoms. The van der Waals surface area contributed by atoms with Gasteiger partial charge in [0.25, 0.3) is 0 Å². The third kappa shape index (κ3) is 3.45. The summed E-state index contributed by atoms with van der Waals surface area (Å²) in [6, 6.07) is 7.58. The highest BCUT2D eigenvalue weighted by atomic mass is 16.5. The minimum Gasteiger partial charge on any atom is -0.496 e. The minimum atomic E-state index is -0.627. The number of benzene rings is 1. The molecule has 1 aliphatic rings. The van der Waals surface area contributed by atoms with E-state index in [9.17, 15) is 10.1 Å². The molecule has 0 fully saturated rings. The molecule has 1 aromatic carbocycles. The second kappa shape index (κ2) is 7.75. The summed E-state index contributed by atoms with van der Waals surface area (Å²) >= 11 is 0. The lowest BCUT2D eigenvalue weighted by atomic mass is 9.82. The van der Waals surface area contributed by atoms with E-state index in [0.29, 0.717) is 17.8 Å². The molecular weight excluding hydrogens is 320 g/mol. The molecule has 0 amide bonds. The van der Waals surface area contributed by atoms with E-state index in [1.807, 2.05) is 26.0 Å². The highest BCUT2D eigenvalue weighted by Crippen LogP contribution is 2.41. The van der Waals surface area contributed by atoms with E-state index >= 15 is 0 Å². The van der Waals surface area contributed by atoms with Gasteiger partial charge in [-0.05, 0) is 31.0 Å². The molecule has 1 aromatic rings. The maximum absolute atomic E-state index is 12.6. The lowest BCUT2D eigenvalue weighted by Crippen LogP contribution is -2.26. The Morgan fingerprint density at radius 2 is 2.12 bits per heavy atom. The number of methoxy groups -OCH3 is 1. The van der Waals surface area contributed by atoms with Crippen molar-refractivity contribution < 1.29 is 19.0 Å². The topological polar surface area (TPSA) is 94.6 Å². The summed E-state index contributed by atoms with van der Waals surface area (Å²) in [6.45, 7) is 5.72. The summed E-state index contributed by atoms with van der Waals surface area (Å²) in [7, 11) is 1.59. The zero-order valence-electron chi connectivity index (χ0n) is 14.9. The highest BCUT2D eigenvalue weighted by Gasteiger charge is 2.37. The molecular formula is C19H22N2O4. The first-order chi connectivity index (χ1) is 12.0. The predicted molar refractivity (Wildman–Crippen MR) is 92.3 cm³/mol.